The van der Waals surface area contributed by atoms with Crippen molar-refractivity contribution in [1.29, 1.82) is 0 Å². The van der Waals surface area contributed by atoms with Crippen LogP contribution >= 0.6 is 22.7 Å². The Morgan fingerprint density at radius 3 is 2.83 bits per heavy atom. The van der Waals surface area contributed by atoms with Gasteiger partial charge in [-0.05, 0) is 30.3 Å². The zero-order valence-electron chi connectivity index (χ0n) is 15.8. The van der Waals surface area contributed by atoms with E-state index in [0.29, 0.717) is 12.1 Å². The molecule has 29 heavy (non-hydrogen) atoms. The molecule has 0 atom stereocenters. The first kappa shape index (κ1) is 18.6. The molecule has 4 aromatic rings. The van der Waals surface area contributed by atoms with Gasteiger partial charge in [-0.1, -0.05) is 23.5 Å². The van der Waals surface area contributed by atoms with Crippen molar-refractivity contribution in [3.63, 3.8) is 0 Å². The first-order valence-electron chi connectivity index (χ1n) is 9.59. The molecule has 1 amide bonds. The number of morpholine rings is 1. The Labute approximate surface area is 176 Å². The molecule has 1 aliphatic heterocycles. The summed E-state index contributed by atoms with van der Waals surface area (Å²) in [6, 6.07) is 13.7. The third-order valence-electron chi connectivity index (χ3n) is 5.08. The summed E-state index contributed by atoms with van der Waals surface area (Å²) in [5.74, 6) is -0.0207. The van der Waals surface area contributed by atoms with E-state index in [-0.39, 0.29) is 5.91 Å². The number of hydrogen-bond donors (Lipinski definition) is 0. The fourth-order valence-corrected chi connectivity index (χ4v) is 5.18. The van der Waals surface area contributed by atoms with Gasteiger partial charge in [0.05, 0.1) is 39.2 Å². The molecule has 0 aliphatic carbocycles. The highest BCUT2D eigenvalue weighted by Gasteiger charge is 2.23. The highest BCUT2D eigenvalue weighted by atomic mass is 32.1. The van der Waals surface area contributed by atoms with Gasteiger partial charge in [0, 0.05) is 31.7 Å². The largest absolute Gasteiger partial charge is 0.379 e. The minimum Gasteiger partial charge on any atom is -0.379 e. The normalized spacial score (nSPS) is 15.2. The summed E-state index contributed by atoms with van der Waals surface area (Å²) in [7, 11) is 0. The van der Waals surface area contributed by atoms with Crippen LogP contribution in [0, 0.1) is 0 Å². The second kappa shape index (κ2) is 8.16. The minimum absolute atomic E-state index is 0.0207. The molecule has 1 aliphatic rings. The van der Waals surface area contributed by atoms with E-state index in [4.69, 9.17) is 9.72 Å². The predicted molar refractivity (Wildman–Crippen MR) is 118 cm³/mol. The van der Waals surface area contributed by atoms with Crippen LogP contribution in [0.4, 0.5) is 5.13 Å². The summed E-state index contributed by atoms with van der Waals surface area (Å²) >= 11 is 3.11. The molecule has 2 aromatic carbocycles. The topological polar surface area (TPSA) is 58.6 Å². The Kier molecular flexibility index (Phi) is 5.24. The first-order chi connectivity index (χ1) is 14.3. The fourth-order valence-electron chi connectivity index (χ4n) is 3.47. The van der Waals surface area contributed by atoms with Gasteiger partial charge in [0.1, 0.15) is 0 Å². The summed E-state index contributed by atoms with van der Waals surface area (Å²) in [4.78, 5) is 26.7. The quantitative estimate of drug-likeness (QED) is 0.487. The molecule has 0 N–H and O–H groups in total. The number of benzene rings is 2. The number of nitrogens with zero attached hydrogens (tertiary/aromatic N) is 4. The van der Waals surface area contributed by atoms with Crippen molar-refractivity contribution in [2.75, 3.05) is 44.3 Å². The highest BCUT2D eigenvalue weighted by Crippen LogP contribution is 2.30. The number of fused-ring (bicyclic) bond motifs is 2. The number of para-hydroxylation sites is 1. The molecule has 8 heteroatoms. The summed E-state index contributed by atoms with van der Waals surface area (Å²) in [5.41, 5.74) is 4.33. The lowest BCUT2D eigenvalue weighted by molar-refractivity contribution is 0.0391. The van der Waals surface area contributed by atoms with Crippen LogP contribution in [-0.4, -0.2) is 60.2 Å². The van der Waals surface area contributed by atoms with Crippen LogP contribution in [0.1, 0.15) is 10.4 Å². The number of aromatic nitrogens is 2. The van der Waals surface area contributed by atoms with E-state index < -0.39 is 0 Å². The van der Waals surface area contributed by atoms with Crippen molar-refractivity contribution in [2.24, 2.45) is 0 Å². The number of rotatable bonds is 5. The van der Waals surface area contributed by atoms with Crippen LogP contribution < -0.4 is 4.90 Å². The van der Waals surface area contributed by atoms with E-state index in [1.54, 1.807) is 22.7 Å². The number of amides is 1. The highest BCUT2D eigenvalue weighted by molar-refractivity contribution is 7.22. The Morgan fingerprint density at radius 2 is 1.97 bits per heavy atom. The number of ether oxygens (including phenoxy) is 1. The van der Waals surface area contributed by atoms with Crippen molar-refractivity contribution in [1.82, 2.24) is 14.9 Å². The lowest BCUT2D eigenvalue weighted by atomic mass is 10.2. The van der Waals surface area contributed by atoms with Gasteiger partial charge in [0.2, 0.25) is 0 Å². The van der Waals surface area contributed by atoms with Gasteiger partial charge in [-0.15, -0.1) is 11.3 Å². The lowest BCUT2D eigenvalue weighted by Crippen LogP contribution is -2.43. The van der Waals surface area contributed by atoms with Crippen LogP contribution in [-0.2, 0) is 4.74 Å². The third kappa shape index (κ3) is 3.89. The molecule has 148 valence electrons. The van der Waals surface area contributed by atoms with Gasteiger partial charge in [-0.2, -0.15) is 0 Å². The molecule has 0 unspecified atom stereocenters. The molecule has 1 saturated heterocycles. The summed E-state index contributed by atoms with van der Waals surface area (Å²) in [5, 5.41) is 0.744. The average Bonchev–Trinajstić information content (AvgIpc) is 3.40. The lowest BCUT2D eigenvalue weighted by Gasteiger charge is -2.29. The molecule has 0 spiro atoms. The Hall–Kier alpha value is -2.39. The van der Waals surface area contributed by atoms with E-state index in [2.05, 4.69) is 9.88 Å². The summed E-state index contributed by atoms with van der Waals surface area (Å²) < 4.78 is 7.55. The van der Waals surface area contributed by atoms with Gasteiger partial charge in [-0.25, -0.2) is 9.97 Å². The molecule has 6 nitrogen and oxygen atoms in total. The summed E-state index contributed by atoms with van der Waals surface area (Å²) in [6.45, 7) is 4.69. The van der Waals surface area contributed by atoms with Crippen LogP contribution in [0.3, 0.4) is 0 Å². The molecule has 5 rings (SSSR count). The van der Waals surface area contributed by atoms with Crippen LogP contribution in [0.5, 0.6) is 0 Å². The Bertz CT molecular complexity index is 1120. The maximum Gasteiger partial charge on any atom is 0.260 e. The Morgan fingerprint density at radius 1 is 1.10 bits per heavy atom. The number of anilines is 1. The molecule has 2 aromatic heterocycles. The van der Waals surface area contributed by atoms with Crippen molar-refractivity contribution in [2.45, 2.75) is 0 Å². The van der Waals surface area contributed by atoms with E-state index >= 15 is 0 Å². The molecule has 0 saturated carbocycles. The van der Waals surface area contributed by atoms with Crippen molar-refractivity contribution in [3.8, 4) is 0 Å². The van der Waals surface area contributed by atoms with Gasteiger partial charge >= 0.3 is 0 Å². The molecule has 3 heterocycles. The maximum absolute atomic E-state index is 13.5. The standard InChI is InChI=1S/C21H20N4O2S2/c26-20(15-5-6-16-19(13-15)28-14-22-16)25(8-7-24-9-11-27-12-10-24)21-23-17-3-1-2-4-18(17)29-21/h1-6,13-14H,7-12H2. The average molecular weight is 425 g/mol. The fraction of sp³-hybridized carbons (Fsp3) is 0.286. The first-order valence-corrected chi connectivity index (χ1v) is 11.3. The van der Waals surface area contributed by atoms with Crippen LogP contribution in [0.2, 0.25) is 0 Å². The third-order valence-corrected chi connectivity index (χ3v) is 6.93. The number of carbonyl (C=O) groups is 1. The van der Waals surface area contributed by atoms with E-state index in [9.17, 15) is 4.79 Å². The molecular weight excluding hydrogens is 404 g/mol. The van der Waals surface area contributed by atoms with Crippen molar-refractivity contribution in [3.05, 3.63) is 53.5 Å². The van der Waals surface area contributed by atoms with Crippen LogP contribution in [0.25, 0.3) is 20.4 Å². The number of carbonyl (C=O) groups excluding carboxylic acids is 1. The SMILES string of the molecule is O=C(c1ccc2ncsc2c1)N(CCN1CCOCC1)c1nc2ccccc2s1. The number of hydrogen-bond acceptors (Lipinski definition) is 7. The van der Waals surface area contributed by atoms with Crippen molar-refractivity contribution < 1.29 is 9.53 Å². The van der Waals surface area contributed by atoms with Gasteiger partial charge in [0.15, 0.2) is 5.13 Å². The second-order valence-electron chi connectivity index (χ2n) is 6.91. The van der Waals surface area contributed by atoms with E-state index in [1.807, 2.05) is 52.9 Å². The minimum atomic E-state index is -0.0207. The predicted octanol–water partition coefficient (Wildman–Crippen LogP) is 3.89. The van der Waals surface area contributed by atoms with Gasteiger partial charge < -0.3 is 4.74 Å². The molecular formula is C21H20N4O2S2. The zero-order chi connectivity index (χ0) is 19.6. The van der Waals surface area contributed by atoms with E-state index in [0.717, 1.165) is 58.4 Å². The van der Waals surface area contributed by atoms with E-state index in [1.165, 1.54) is 0 Å². The monoisotopic (exact) mass is 424 g/mol. The van der Waals surface area contributed by atoms with Crippen LogP contribution in [0.15, 0.2) is 48.0 Å². The zero-order valence-corrected chi connectivity index (χ0v) is 17.4. The van der Waals surface area contributed by atoms with Crippen molar-refractivity contribution >= 4 is 54.1 Å². The molecule has 1 fully saturated rings. The maximum atomic E-state index is 13.5. The second-order valence-corrected chi connectivity index (χ2v) is 8.81. The van der Waals surface area contributed by atoms with Gasteiger partial charge in [0.25, 0.3) is 5.91 Å². The summed E-state index contributed by atoms with van der Waals surface area (Å²) in [6.07, 6.45) is 0. The molecule has 0 bridgehead atoms. The van der Waals surface area contributed by atoms with Gasteiger partial charge in [-0.3, -0.25) is 14.6 Å². The number of thiazole rings is 2. The molecule has 0 radical (unpaired) electrons. The Balaban J connectivity index is 1.46. The smallest absolute Gasteiger partial charge is 0.260 e.